The molecule has 6 nitrogen and oxygen atoms in total. The molecule has 1 N–H and O–H groups in total. The number of rotatable bonds is 6. The molecule has 0 fully saturated rings. The quantitative estimate of drug-likeness (QED) is 0.744. The molecule has 0 aliphatic heterocycles. The summed E-state index contributed by atoms with van der Waals surface area (Å²) in [5.74, 6) is -0.390. The molecule has 2 aromatic rings. The molecule has 0 spiro atoms. The summed E-state index contributed by atoms with van der Waals surface area (Å²) in [5.41, 5.74) is 0.308. The Morgan fingerprint density at radius 2 is 1.92 bits per heavy atom. The Morgan fingerprint density at radius 1 is 1.25 bits per heavy atom. The number of carbonyl (C=O) groups excluding carboxylic acids is 1. The predicted octanol–water partition coefficient (Wildman–Crippen LogP) is 3.98. The molecule has 24 heavy (non-hydrogen) atoms. The summed E-state index contributed by atoms with van der Waals surface area (Å²) < 4.78 is 32.1. The summed E-state index contributed by atoms with van der Waals surface area (Å²) in [5, 5.41) is 2.69. The Morgan fingerprint density at radius 3 is 2.46 bits per heavy atom. The minimum absolute atomic E-state index is 0.0497. The van der Waals surface area contributed by atoms with E-state index in [-0.39, 0.29) is 15.7 Å². The number of furan rings is 1. The van der Waals surface area contributed by atoms with Crippen LogP contribution in [0, 0.1) is 0 Å². The second-order valence-corrected chi connectivity index (χ2v) is 7.89. The van der Waals surface area contributed by atoms with Crippen molar-refractivity contribution in [1.29, 1.82) is 0 Å². The highest BCUT2D eigenvalue weighted by molar-refractivity contribution is 9.10. The van der Waals surface area contributed by atoms with Crippen LogP contribution in [0.15, 0.2) is 44.3 Å². The van der Waals surface area contributed by atoms with Crippen LogP contribution < -0.4 is 5.32 Å². The maximum atomic E-state index is 12.6. The van der Waals surface area contributed by atoms with E-state index in [0.717, 1.165) is 0 Å². The molecule has 1 amide bonds. The first-order chi connectivity index (χ1) is 11.3. The molecule has 1 aromatic carbocycles. The summed E-state index contributed by atoms with van der Waals surface area (Å²) in [6.45, 7) is 4.14. The van der Waals surface area contributed by atoms with E-state index in [1.54, 1.807) is 19.9 Å². The fraction of sp³-hybridized carbons (Fsp3) is 0.267. The topological polar surface area (TPSA) is 79.6 Å². The van der Waals surface area contributed by atoms with Gasteiger partial charge in [-0.25, -0.2) is 8.42 Å². The van der Waals surface area contributed by atoms with E-state index in [0.29, 0.717) is 23.4 Å². The average molecular weight is 436 g/mol. The fourth-order valence-corrected chi connectivity index (χ4v) is 4.38. The van der Waals surface area contributed by atoms with Crippen LogP contribution in [-0.4, -0.2) is 31.7 Å². The molecule has 0 aliphatic carbocycles. The van der Waals surface area contributed by atoms with Crippen LogP contribution >= 0.6 is 27.5 Å². The van der Waals surface area contributed by atoms with Gasteiger partial charge in [0.25, 0.3) is 5.91 Å². The third kappa shape index (κ3) is 4.00. The lowest BCUT2D eigenvalue weighted by atomic mass is 10.3. The number of benzene rings is 1. The zero-order valence-electron chi connectivity index (χ0n) is 13.0. The van der Waals surface area contributed by atoms with Gasteiger partial charge in [0.15, 0.2) is 10.4 Å². The van der Waals surface area contributed by atoms with Gasteiger partial charge in [0.2, 0.25) is 10.0 Å². The largest absolute Gasteiger partial charge is 0.444 e. The number of halogens is 2. The molecule has 0 radical (unpaired) electrons. The monoisotopic (exact) mass is 434 g/mol. The number of sulfonamides is 1. The van der Waals surface area contributed by atoms with Crippen molar-refractivity contribution in [2.24, 2.45) is 0 Å². The third-order valence-corrected chi connectivity index (χ3v) is 6.27. The van der Waals surface area contributed by atoms with Crippen molar-refractivity contribution in [1.82, 2.24) is 4.31 Å². The summed E-state index contributed by atoms with van der Waals surface area (Å²) >= 11 is 9.17. The van der Waals surface area contributed by atoms with Gasteiger partial charge in [-0.05, 0) is 46.3 Å². The number of hydrogen-bond donors (Lipinski definition) is 1. The summed E-state index contributed by atoms with van der Waals surface area (Å²) in [6.07, 6.45) is 0. The van der Waals surface area contributed by atoms with Crippen molar-refractivity contribution in [3.63, 3.8) is 0 Å². The molecule has 0 unspecified atom stereocenters. The van der Waals surface area contributed by atoms with Gasteiger partial charge in [-0.1, -0.05) is 25.4 Å². The first-order valence-corrected chi connectivity index (χ1v) is 9.77. The van der Waals surface area contributed by atoms with Crippen LogP contribution in [0.5, 0.6) is 0 Å². The molecule has 2 rings (SSSR count). The van der Waals surface area contributed by atoms with Gasteiger partial charge >= 0.3 is 0 Å². The Balaban J connectivity index is 2.33. The van der Waals surface area contributed by atoms with Gasteiger partial charge in [0, 0.05) is 18.8 Å². The van der Waals surface area contributed by atoms with Crippen LogP contribution in [0.3, 0.4) is 0 Å². The zero-order chi connectivity index (χ0) is 17.9. The van der Waals surface area contributed by atoms with Gasteiger partial charge in [0.05, 0.1) is 5.02 Å². The summed E-state index contributed by atoms with van der Waals surface area (Å²) in [4.78, 5) is 12.1. The number of carbonyl (C=O) groups is 1. The van der Waals surface area contributed by atoms with E-state index in [2.05, 4.69) is 21.2 Å². The van der Waals surface area contributed by atoms with Gasteiger partial charge < -0.3 is 9.73 Å². The number of anilines is 1. The highest BCUT2D eigenvalue weighted by atomic mass is 79.9. The first kappa shape index (κ1) is 19.0. The second-order valence-electron chi connectivity index (χ2n) is 4.79. The van der Waals surface area contributed by atoms with E-state index < -0.39 is 15.9 Å². The van der Waals surface area contributed by atoms with Crippen LogP contribution in [0.2, 0.25) is 5.02 Å². The smallest absolute Gasteiger partial charge is 0.291 e. The standard InChI is InChI=1S/C15H16BrClN2O4S/c1-3-19(4-2)24(21,22)13-9-10(5-6-11(13)17)18-15(20)12-7-8-14(16)23-12/h5-9H,3-4H2,1-2H3,(H,18,20). The Hall–Kier alpha value is -1.35. The maximum Gasteiger partial charge on any atom is 0.291 e. The minimum atomic E-state index is -3.73. The second kappa shape index (κ2) is 7.69. The molecule has 130 valence electrons. The SMILES string of the molecule is CCN(CC)S(=O)(=O)c1cc(NC(=O)c2ccc(Br)o2)ccc1Cl. The van der Waals surface area contributed by atoms with Crippen molar-refractivity contribution < 1.29 is 17.6 Å². The van der Waals surface area contributed by atoms with E-state index in [1.807, 2.05) is 0 Å². The maximum absolute atomic E-state index is 12.6. The average Bonchev–Trinajstić information content (AvgIpc) is 2.96. The predicted molar refractivity (Wildman–Crippen MR) is 95.9 cm³/mol. The highest BCUT2D eigenvalue weighted by Gasteiger charge is 2.25. The number of amides is 1. The molecule has 0 saturated heterocycles. The Bertz CT molecular complexity index is 847. The van der Waals surface area contributed by atoms with Crippen molar-refractivity contribution >= 4 is 49.1 Å². The summed E-state index contributed by atoms with van der Waals surface area (Å²) in [6, 6.07) is 7.40. The van der Waals surface area contributed by atoms with E-state index >= 15 is 0 Å². The normalized spacial score (nSPS) is 11.7. The lowest BCUT2D eigenvalue weighted by molar-refractivity contribution is 0.0995. The van der Waals surface area contributed by atoms with Gasteiger partial charge in [-0.2, -0.15) is 4.31 Å². The highest BCUT2D eigenvalue weighted by Crippen LogP contribution is 2.28. The molecule has 9 heteroatoms. The molecular formula is C15H16BrClN2O4S. The van der Waals surface area contributed by atoms with Crippen molar-refractivity contribution in [2.45, 2.75) is 18.7 Å². The number of nitrogens with one attached hydrogen (secondary N) is 1. The van der Waals surface area contributed by atoms with E-state index in [1.165, 1.54) is 28.6 Å². The van der Waals surface area contributed by atoms with Crippen molar-refractivity contribution in [3.8, 4) is 0 Å². The van der Waals surface area contributed by atoms with Crippen LogP contribution in [0.1, 0.15) is 24.4 Å². The van der Waals surface area contributed by atoms with Crippen LogP contribution in [0.25, 0.3) is 0 Å². The Labute approximate surface area is 154 Å². The molecule has 1 aromatic heterocycles. The molecule has 1 heterocycles. The lowest BCUT2D eigenvalue weighted by Gasteiger charge is -2.19. The van der Waals surface area contributed by atoms with E-state index in [9.17, 15) is 13.2 Å². The molecule has 0 aliphatic rings. The minimum Gasteiger partial charge on any atom is -0.444 e. The van der Waals surface area contributed by atoms with Gasteiger partial charge in [0.1, 0.15) is 4.90 Å². The van der Waals surface area contributed by atoms with Crippen LogP contribution in [-0.2, 0) is 10.0 Å². The van der Waals surface area contributed by atoms with Crippen molar-refractivity contribution in [3.05, 3.63) is 45.8 Å². The molecular weight excluding hydrogens is 420 g/mol. The van der Waals surface area contributed by atoms with Crippen LogP contribution in [0.4, 0.5) is 5.69 Å². The number of nitrogens with zero attached hydrogens (tertiary/aromatic N) is 1. The first-order valence-electron chi connectivity index (χ1n) is 7.16. The lowest BCUT2D eigenvalue weighted by Crippen LogP contribution is -2.30. The zero-order valence-corrected chi connectivity index (χ0v) is 16.2. The molecule has 0 saturated carbocycles. The Kier molecular flexibility index (Phi) is 6.08. The molecule has 0 bridgehead atoms. The number of hydrogen-bond acceptors (Lipinski definition) is 4. The van der Waals surface area contributed by atoms with Gasteiger partial charge in [-0.15, -0.1) is 0 Å². The third-order valence-electron chi connectivity index (χ3n) is 3.31. The van der Waals surface area contributed by atoms with Crippen molar-refractivity contribution in [2.75, 3.05) is 18.4 Å². The fourth-order valence-electron chi connectivity index (χ4n) is 2.11. The molecule has 0 atom stereocenters. The van der Waals surface area contributed by atoms with Gasteiger partial charge in [-0.3, -0.25) is 4.79 Å². The van der Waals surface area contributed by atoms with E-state index in [4.69, 9.17) is 16.0 Å². The summed E-state index contributed by atoms with van der Waals surface area (Å²) in [7, 11) is -3.73.